The Balaban J connectivity index is 3.66. The highest BCUT2D eigenvalue weighted by atomic mass is 14.7. The van der Waals surface area contributed by atoms with Crippen molar-refractivity contribution in [2.45, 2.75) is 33.6 Å². The lowest BCUT2D eigenvalue weighted by Crippen LogP contribution is -1.82. The smallest absolute Gasteiger partial charge is 0.0389 e. The molecule has 0 aromatic carbocycles. The summed E-state index contributed by atoms with van der Waals surface area (Å²) in [5, 5.41) is 0. The quantitative estimate of drug-likeness (QED) is 0.336. The topological polar surface area (TPSA) is 12.4 Å². The van der Waals surface area contributed by atoms with Crippen molar-refractivity contribution < 1.29 is 0 Å². The lowest BCUT2D eigenvalue weighted by atomic mass is 10.3. The van der Waals surface area contributed by atoms with Crippen molar-refractivity contribution in [2.24, 2.45) is 4.99 Å². The second kappa shape index (κ2) is 8.25. The van der Waals surface area contributed by atoms with Crippen molar-refractivity contribution in [3.8, 4) is 0 Å². The summed E-state index contributed by atoms with van der Waals surface area (Å²) in [5.41, 5.74) is 1.21. The van der Waals surface area contributed by atoms with Crippen LogP contribution in [0.3, 0.4) is 0 Å². The van der Waals surface area contributed by atoms with Crippen LogP contribution in [0.4, 0.5) is 0 Å². The fraction of sp³-hybridized carbons (Fsp3) is 0.545. The van der Waals surface area contributed by atoms with E-state index in [0.29, 0.717) is 0 Å². The Morgan fingerprint density at radius 3 is 2.75 bits per heavy atom. The predicted octanol–water partition coefficient (Wildman–Crippen LogP) is 3.38. The lowest BCUT2D eigenvalue weighted by molar-refractivity contribution is 0.810. The van der Waals surface area contributed by atoms with Crippen LogP contribution in [-0.4, -0.2) is 12.8 Å². The zero-order valence-electron chi connectivity index (χ0n) is 8.38. The van der Waals surface area contributed by atoms with Crippen molar-refractivity contribution in [3.05, 3.63) is 23.8 Å². The summed E-state index contributed by atoms with van der Waals surface area (Å²) in [4.78, 5) is 4.29. The van der Waals surface area contributed by atoms with Gasteiger partial charge in [-0.1, -0.05) is 31.6 Å². The number of hydrogen-bond donors (Lipinski definition) is 0. The largest absolute Gasteiger partial charge is 0.293 e. The van der Waals surface area contributed by atoms with Crippen LogP contribution in [0.15, 0.2) is 28.8 Å². The van der Waals surface area contributed by atoms with E-state index < -0.39 is 0 Å². The molecule has 1 heteroatoms. The van der Waals surface area contributed by atoms with Gasteiger partial charge in [-0.15, -0.1) is 0 Å². The summed E-state index contributed by atoms with van der Waals surface area (Å²) >= 11 is 0. The SMILES string of the molecule is C\C=C/C=C(C)\C=N\CCCC. The molecule has 0 atom stereocenters. The number of allylic oxidation sites excluding steroid dienone is 4. The van der Waals surface area contributed by atoms with Crippen LogP contribution >= 0.6 is 0 Å². The summed E-state index contributed by atoms with van der Waals surface area (Å²) in [5.74, 6) is 0. The maximum absolute atomic E-state index is 4.29. The van der Waals surface area contributed by atoms with E-state index in [1.165, 1.54) is 18.4 Å². The molecule has 0 aliphatic carbocycles. The minimum absolute atomic E-state index is 0.956. The fourth-order valence-corrected chi connectivity index (χ4v) is 0.749. The van der Waals surface area contributed by atoms with Gasteiger partial charge in [-0.2, -0.15) is 0 Å². The molecule has 0 fully saturated rings. The number of nitrogens with zero attached hydrogens (tertiary/aromatic N) is 1. The Labute approximate surface area is 75.9 Å². The first-order valence-electron chi connectivity index (χ1n) is 4.60. The molecule has 68 valence electrons. The normalized spacial score (nSPS) is 13.4. The van der Waals surface area contributed by atoms with Crippen LogP contribution in [0.5, 0.6) is 0 Å². The van der Waals surface area contributed by atoms with Crippen molar-refractivity contribution in [1.82, 2.24) is 0 Å². The van der Waals surface area contributed by atoms with Crippen LogP contribution in [0, 0.1) is 0 Å². The molecular formula is C11H19N. The van der Waals surface area contributed by atoms with Crippen molar-refractivity contribution >= 4 is 6.21 Å². The highest BCUT2D eigenvalue weighted by molar-refractivity contribution is 5.78. The average molecular weight is 165 g/mol. The van der Waals surface area contributed by atoms with E-state index in [2.05, 4.69) is 24.9 Å². The van der Waals surface area contributed by atoms with Gasteiger partial charge in [0.1, 0.15) is 0 Å². The van der Waals surface area contributed by atoms with Gasteiger partial charge in [0.2, 0.25) is 0 Å². The van der Waals surface area contributed by atoms with E-state index in [1.54, 1.807) is 0 Å². The number of unbranched alkanes of at least 4 members (excludes halogenated alkanes) is 1. The zero-order valence-corrected chi connectivity index (χ0v) is 8.38. The fourth-order valence-electron chi connectivity index (χ4n) is 0.749. The summed E-state index contributed by atoms with van der Waals surface area (Å²) in [7, 11) is 0. The van der Waals surface area contributed by atoms with E-state index >= 15 is 0 Å². The van der Waals surface area contributed by atoms with Crippen LogP contribution in [-0.2, 0) is 0 Å². The van der Waals surface area contributed by atoms with E-state index in [-0.39, 0.29) is 0 Å². The summed E-state index contributed by atoms with van der Waals surface area (Å²) in [6, 6.07) is 0. The summed E-state index contributed by atoms with van der Waals surface area (Å²) < 4.78 is 0. The Morgan fingerprint density at radius 1 is 1.42 bits per heavy atom. The van der Waals surface area contributed by atoms with Crippen LogP contribution in [0.25, 0.3) is 0 Å². The van der Waals surface area contributed by atoms with Gasteiger partial charge in [0, 0.05) is 12.8 Å². The third-order valence-electron chi connectivity index (χ3n) is 1.49. The number of hydrogen-bond acceptors (Lipinski definition) is 1. The van der Waals surface area contributed by atoms with E-state index in [0.717, 1.165) is 6.54 Å². The Morgan fingerprint density at radius 2 is 2.17 bits per heavy atom. The molecule has 0 aromatic rings. The Bertz CT molecular complexity index is 175. The molecule has 0 bridgehead atoms. The molecular weight excluding hydrogens is 146 g/mol. The van der Waals surface area contributed by atoms with Crippen molar-refractivity contribution in [3.63, 3.8) is 0 Å². The molecule has 0 radical (unpaired) electrons. The van der Waals surface area contributed by atoms with Crippen molar-refractivity contribution in [2.75, 3.05) is 6.54 Å². The lowest BCUT2D eigenvalue weighted by Gasteiger charge is -1.90. The molecule has 0 spiro atoms. The number of rotatable bonds is 5. The standard InChI is InChI=1S/C11H19N/c1-4-6-8-11(3)10-12-9-7-5-2/h4,6,8,10H,5,7,9H2,1-3H3/b6-4-,11-8-,12-10+. The monoisotopic (exact) mass is 165 g/mol. The predicted molar refractivity (Wildman–Crippen MR) is 56.8 cm³/mol. The molecule has 0 unspecified atom stereocenters. The van der Waals surface area contributed by atoms with Gasteiger partial charge >= 0.3 is 0 Å². The minimum Gasteiger partial charge on any atom is -0.293 e. The van der Waals surface area contributed by atoms with Crippen molar-refractivity contribution in [1.29, 1.82) is 0 Å². The molecule has 0 aliphatic heterocycles. The zero-order chi connectivity index (χ0) is 9.23. The maximum Gasteiger partial charge on any atom is 0.0389 e. The number of aliphatic imine (C=N–C) groups is 1. The molecule has 12 heavy (non-hydrogen) atoms. The first kappa shape index (κ1) is 11.2. The molecule has 0 N–H and O–H groups in total. The van der Waals surface area contributed by atoms with E-state index in [4.69, 9.17) is 0 Å². The van der Waals surface area contributed by atoms with E-state index in [1.807, 2.05) is 25.3 Å². The van der Waals surface area contributed by atoms with Crippen LogP contribution in [0.2, 0.25) is 0 Å². The van der Waals surface area contributed by atoms with Gasteiger partial charge in [0.05, 0.1) is 0 Å². The third-order valence-corrected chi connectivity index (χ3v) is 1.49. The minimum atomic E-state index is 0.956. The molecule has 0 aliphatic rings. The van der Waals surface area contributed by atoms with Gasteiger partial charge in [-0.3, -0.25) is 4.99 Å². The molecule has 0 saturated heterocycles. The third kappa shape index (κ3) is 7.26. The molecule has 0 amide bonds. The Hall–Kier alpha value is -0.850. The summed E-state index contributed by atoms with van der Waals surface area (Å²) in [6.45, 7) is 7.21. The van der Waals surface area contributed by atoms with Gasteiger partial charge in [-0.25, -0.2) is 0 Å². The van der Waals surface area contributed by atoms with E-state index in [9.17, 15) is 0 Å². The summed E-state index contributed by atoms with van der Waals surface area (Å²) in [6.07, 6.45) is 10.5. The van der Waals surface area contributed by atoms with Gasteiger partial charge in [-0.05, 0) is 25.8 Å². The highest BCUT2D eigenvalue weighted by Gasteiger charge is 1.80. The van der Waals surface area contributed by atoms with Crippen LogP contribution in [0.1, 0.15) is 33.6 Å². The molecule has 1 nitrogen and oxygen atoms in total. The average Bonchev–Trinajstić information content (AvgIpc) is 2.09. The second-order valence-corrected chi connectivity index (χ2v) is 2.83. The molecule has 0 rings (SSSR count). The first-order chi connectivity index (χ1) is 5.81. The highest BCUT2D eigenvalue weighted by Crippen LogP contribution is 1.91. The van der Waals surface area contributed by atoms with Gasteiger partial charge in [0.25, 0.3) is 0 Å². The molecule has 0 aromatic heterocycles. The second-order valence-electron chi connectivity index (χ2n) is 2.83. The van der Waals surface area contributed by atoms with Gasteiger partial charge < -0.3 is 0 Å². The first-order valence-corrected chi connectivity index (χ1v) is 4.60. The maximum atomic E-state index is 4.29. The Kier molecular flexibility index (Phi) is 7.66. The molecule has 0 saturated carbocycles. The molecule has 0 heterocycles. The van der Waals surface area contributed by atoms with Gasteiger partial charge in [0.15, 0.2) is 0 Å². The van der Waals surface area contributed by atoms with Crippen LogP contribution < -0.4 is 0 Å².